The molecule has 0 amide bonds. The standard InChI is InChI=1S/C11H17BrN2O2/c1-8-4-9(12)5-13-11(8)14(2)6-10(15)7-16-3/h4-5,10,15H,6-7H2,1-3H3. The van der Waals surface area contributed by atoms with Gasteiger partial charge in [0.2, 0.25) is 0 Å². The largest absolute Gasteiger partial charge is 0.389 e. The molecule has 16 heavy (non-hydrogen) atoms. The van der Waals surface area contributed by atoms with Gasteiger partial charge >= 0.3 is 0 Å². The number of likely N-dealkylation sites (N-methyl/N-ethyl adjacent to an activating group) is 1. The molecular formula is C11H17BrN2O2. The molecule has 0 aromatic carbocycles. The zero-order valence-electron chi connectivity index (χ0n) is 9.77. The smallest absolute Gasteiger partial charge is 0.131 e. The molecule has 0 saturated carbocycles. The van der Waals surface area contributed by atoms with Crippen LogP contribution in [-0.4, -0.2) is 43.5 Å². The van der Waals surface area contributed by atoms with Gasteiger partial charge in [0.15, 0.2) is 0 Å². The summed E-state index contributed by atoms with van der Waals surface area (Å²) in [6.07, 6.45) is 1.25. The Morgan fingerprint density at radius 3 is 2.88 bits per heavy atom. The second-order valence-electron chi connectivity index (χ2n) is 3.78. The van der Waals surface area contributed by atoms with Gasteiger partial charge in [0, 0.05) is 31.4 Å². The number of nitrogens with zero attached hydrogens (tertiary/aromatic N) is 2. The van der Waals surface area contributed by atoms with E-state index in [1.807, 2.05) is 24.9 Å². The van der Waals surface area contributed by atoms with Gasteiger partial charge in [-0.05, 0) is 34.5 Å². The lowest BCUT2D eigenvalue weighted by molar-refractivity contribution is 0.0694. The van der Waals surface area contributed by atoms with Crippen LogP contribution in [0, 0.1) is 6.92 Å². The SMILES string of the molecule is COCC(O)CN(C)c1ncc(Br)cc1C. The summed E-state index contributed by atoms with van der Waals surface area (Å²) in [5, 5.41) is 9.62. The Hall–Kier alpha value is -0.650. The number of aromatic nitrogens is 1. The van der Waals surface area contributed by atoms with E-state index >= 15 is 0 Å². The van der Waals surface area contributed by atoms with Gasteiger partial charge in [-0.25, -0.2) is 4.98 Å². The average molecular weight is 289 g/mol. The number of hydrogen-bond acceptors (Lipinski definition) is 4. The fourth-order valence-corrected chi connectivity index (χ4v) is 2.03. The van der Waals surface area contributed by atoms with Crippen LogP contribution in [0.1, 0.15) is 5.56 Å². The van der Waals surface area contributed by atoms with Gasteiger partial charge in [0.05, 0.1) is 12.7 Å². The summed E-state index contributed by atoms with van der Waals surface area (Å²) in [4.78, 5) is 6.24. The first-order valence-electron chi connectivity index (χ1n) is 5.05. The number of hydrogen-bond donors (Lipinski definition) is 1. The van der Waals surface area contributed by atoms with E-state index in [0.717, 1.165) is 15.9 Å². The van der Waals surface area contributed by atoms with E-state index in [2.05, 4.69) is 20.9 Å². The van der Waals surface area contributed by atoms with Gasteiger partial charge < -0.3 is 14.7 Å². The van der Waals surface area contributed by atoms with Crippen LogP contribution in [0.4, 0.5) is 5.82 Å². The summed E-state index contributed by atoms with van der Waals surface area (Å²) in [5.41, 5.74) is 1.07. The molecule has 1 aromatic rings. The molecular weight excluding hydrogens is 272 g/mol. The maximum Gasteiger partial charge on any atom is 0.131 e. The van der Waals surface area contributed by atoms with Crippen LogP contribution in [0.5, 0.6) is 0 Å². The maximum absolute atomic E-state index is 9.62. The first kappa shape index (κ1) is 13.4. The van der Waals surface area contributed by atoms with Crippen LogP contribution in [0.15, 0.2) is 16.7 Å². The molecule has 0 saturated heterocycles. The number of ether oxygens (including phenoxy) is 1. The van der Waals surface area contributed by atoms with Gasteiger partial charge in [-0.2, -0.15) is 0 Å². The van der Waals surface area contributed by atoms with Crippen molar-refractivity contribution in [2.24, 2.45) is 0 Å². The van der Waals surface area contributed by atoms with Gasteiger partial charge in [-0.3, -0.25) is 0 Å². The highest BCUT2D eigenvalue weighted by Crippen LogP contribution is 2.19. The Morgan fingerprint density at radius 2 is 2.31 bits per heavy atom. The predicted molar refractivity (Wildman–Crippen MR) is 67.8 cm³/mol. The highest BCUT2D eigenvalue weighted by Gasteiger charge is 2.11. The molecule has 0 spiro atoms. The number of pyridine rings is 1. The van der Waals surface area contributed by atoms with Gasteiger partial charge in [0.25, 0.3) is 0 Å². The Morgan fingerprint density at radius 1 is 1.62 bits per heavy atom. The van der Waals surface area contributed by atoms with Crippen LogP contribution in [-0.2, 0) is 4.74 Å². The fourth-order valence-electron chi connectivity index (χ4n) is 1.58. The second-order valence-corrected chi connectivity index (χ2v) is 4.70. The molecule has 90 valence electrons. The van der Waals surface area contributed by atoms with Crippen LogP contribution in [0.25, 0.3) is 0 Å². The van der Waals surface area contributed by atoms with E-state index in [1.54, 1.807) is 13.3 Å². The summed E-state index contributed by atoms with van der Waals surface area (Å²) in [7, 11) is 3.48. The molecule has 0 aliphatic heterocycles. The van der Waals surface area contributed by atoms with Crippen molar-refractivity contribution in [1.82, 2.24) is 4.98 Å². The maximum atomic E-state index is 9.62. The Balaban J connectivity index is 2.69. The molecule has 0 bridgehead atoms. The Labute approximate surface area is 104 Å². The quantitative estimate of drug-likeness (QED) is 0.894. The highest BCUT2D eigenvalue weighted by atomic mass is 79.9. The molecule has 1 atom stereocenters. The van der Waals surface area contributed by atoms with Crippen molar-refractivity contribution in [3.05, 3.63) is 22.3 Å². The van der Waals surface area contributed by atoms with Crippen molar-refractivity contribution in [2.45, 2.75) is 13.0 Å². The fraction of sp³-hybridized carbons (Fsp3) is 0.545. The number of halogens is 1. The number of methoxy groups -OCH3 is 1. The number of aliphatic hydroxyl groups is 1. The average Bonchev–Trinajstić information content (AvgIpc) is 2.17. The van der Waals surface area contributed by atoms with Gasteiger partial charge in [0.1, 0.15) is 5.82 Å². The molecule has 1 N–H and O–H groups in total. The van der Waals surface area contributed by atoms with Crippen molar-refractivity contribution in [3.63, 3.8) is 0 Å². The minimum atomic E-state index is -0.500. The molecule has 1 heterocycles. The summed E-state index contributed by atoms with van der Waals surface area (Å²) in [5.74, 6) is 0.873. The monoisotopic (exact) mass is 288 g/mol. The molecule has 1 unspecified atom stereocenters. The normalized spacial score (nSPS) is 12.6. The molecule has 0 aliphatic carbocycles. The molecule has 4 nitrogen and oxygen atoms in total. The third-order valence-corrected chi connectivity index (χ3v) is 2.66. The van der Waals surface area contributed by atoms with Crippen LogP contribution >= 0.6 is 15.9 Å². The van der Waals surface area contributed by atoms with Crippen molar-refractivity contribution < 1.29 is 9.84 Å². The first-order chi connectivity index (χ1) is 7.54. The van der Waals surface area contributed by atoms with Crippen LogP contribution in [0.3, 0.4) is 0 Å². The molecule has 0 aliphatic rings. The van der Waals surface area contributed by atoms with E-state index in [-0.39, 0.29) is 0 Å². The Kier molecular flexibility index (Phi) is 5.18. The van der Waals surface area contributed by atoms with Crippen molar-refractivity contribution >= 4 is 21.7 Å². The lowest BCUT2D eigenvalue weighted by atomic mass is 10.2. The highest BCUT2D eigenvalue weighted by molar-refractivity contribution is 9.10. The van der Waals surface area contributed by atoms with Crippen molar-refractivity contribution in [3.8, 4) is 0 Å². The second kappa shape index (κ2) is 6.18. The van der Waals surface area contributed by atoms with Crippen molar-refractivity contribution in [2.75, 3.05) is 32.2 Å². The lowest BCUT2D eigenvalue weighted by Crippen LogP contribution is -2.32. The van der Waals surface area contributed by atoms with E-state index in [0.29, 0.717) is 13.2 Å². The number of aryl methyl sites for hydroxylation is 1. The van der Waals surface area contributed by atoms with Crippen LogP contribution < -0.4 is 4.90 Å². The van der Waals surface area contributed by atoms with Crippen molar-refractivity contribution in [1.29, 1.82) is 0 Å². The summed E-state index contributed by atoms with van der Waals surface area (Å²) < 4.78 is 5.84. The van der Waals surface area contributed by atoms with Gasteiger partial charge in [-0.15, -0.1) is 0 Å². The Bertz CT molecular complexity index is 347. The molecule has 0 fully saturated rings. The predicted octanol–water partition coefficient (Wildman–Crippen LogP) is 1.60. The van der Waals surface area contributed by atoms with Crippen LogP contribution in [0.2, 0.25) is 0 Å². The summed E-state index contributed by atoms with van der Waals surface area (Å²) in [6, 6.07) is 2.00. The lowest BCUT2D eigenvalue weighted by Gasteiger charge is -2.22. The molecule has 1 aromatic heterocycles. The number of aliphatic hydroxyl groups excluding tert-OH is 1. The minimum absolute atomic E-state index is 0.333. The zero-order chi connectivity index (χ0) is 12.1. The van der Waals surface area contributed by atoms with E-state index < -0.39 is 6.10 Å². The van der Waals surface area contributed by atoms with E-state index in [4.69, 9.17) is 4.74 Å². The topological polar surface area (TPSA) is 45.6 Å². The molecule has 0 radical (unpaired) electrons. The van der Waals surface area contributed by atoms with E-state index in [9.17, 15) is 5.11 Å². The summed E-state index contributed by atoms with van der Waals surface area (Å²) >= 11 is 3.37. The minimum Gasteiger partial charge on any atom is -0.389 e. The third kappa shape index (κ3) is 3.73. The summed E-state index contributed by atoms with van der Waals surface area (Å²) in [6.45, 7) is 2.83. The first-order valence-corrected chi connectivity index (χ1v) is 5.84. The van der Waals surface area contributed by atoms with E-state index in [1.165, 1.54) is 0 Å². The zero-order valence-corrected chi connectivity index (χ0v) is 11.4. The number of rotatable bonds is 5. The number of anilines is 1. The van der Waals surface area contributed by atoms with Gasteiger partial charge in [-0.1, -0.05) is 0 Å². The molecule has 1 rings (SSSR count). The third-order valence-electron chi connectivity index (χ3n) is 2.22. The molecule has 5 heteroatoms.